The van der Waals surface area contributed by atoms with Crippen LogP contribution in [0.3, 0.4) is 0 Å². The van der Waals surface area contributed by atoms with Crippen molar-refractivity contribution in [3.8, 4) is 10.8 Å². The quantitative estimate of drug-likeness (QED) is 0.469. The fourth-order valence-electron chi connectivity index (χ4n) is 2.98. The lowest BCUT2D eigenvalue weighted by molar-refractivity contribution is 0.628. The number of fused-ring (bicyclic) bond motifs is 2. The molecule has 0 unspecified atom stereocenters. The Morgan fingerprint density at radius 1 is 1.00 bits per heavy atom. The molecule has 0 aliphatic rings. The van der Waals surface area contributed by atoms with Crippen molar-refractivity contribution in [3.63, 3.8) is 0 Å². The summed E-state index contributed by atoms with van der Waals surface area (Å²) in [5.41, 5.74) is 13.6. The number of nitrogens with zero attached hydrogens (tertiary/aromatic N) is 1. The standard InChI is InChI=1S/C19H18N2OS/c1-9-5-6-14(20)16-18(9)23-19(21-16)15-8-13-7-10(2)11(3)12(4)17(13)22-15/h5-8H,20H2,1-4H3. The fourth-order valence-corrected chi connectivity index (χ4v) is 4.00. The summed E-state index contributed by atoms with van der Waals surface area (Å²) < 4.78 is 7.27. The van der Waals surface area contributed by atoms with Gasteiger partial charge in [0.2, 0.25) is 0 Å². The summed E-state index contributed by atoms with van der Waals surface area (Å²) in [6.45, 7) is 8.46. The fraction of sp³-hybridized carbons (Fsp3) is 0.211. The summed E-state index contributed by atoms with van der Waals surface area (Å²) in [6, 6.07) is 8.21. The van der Waals surface area contributed by atoms with E-state index in [9.17, 15) is 0 Å². The minimum Gasteiger partial charge on any atom is -0.453 e. The Kier molecular flexibility index (Phi) is 3.00. The van der Waals surface area contributed by atoms with Gasteiger partial charge in [-0.1, -0.05) is 6.07 Å². The number of hydrogen-bond acceptors (Lipinski definition) is 4. The Labute approximate surface area is 138 Å². The first kappa shape index (κ1) is 14.3. The minimum atomic E-state index is 0.715. The molecule has 0 aliphatic heterocycles. The van der Waals surface area contributed by atoms with E-state index in [0.29, 0.717) is 5.69 Å². The first-order valence-corrected chi connectivity index (χ1v) is 8.43. The highest BCUT2D eigenvalue weighted by Gasteiger charge is 2.16. The van der Waals surface area contributed by atoms with Crippen molar-refractivity contribution in [3.05, 3.63) is 46.5 Å². The largest absolute Gasteiger partial charge is 0.453 e. The maximum Gasteiger partial charge on any atom is 0.164 e. The van der Waals surface area contributed by atoms with Crippen molar-refractivity contribution in [2.45, 2.75) is 27.7 Å². The maximum atomic E-state index is 6.14. The summed E-state index contributed by atoms with van der Waals surface area (Å²) in [6.07, 6.45) is 0. The zero-order chi connectivity index (χ0) is 16.3. The third-order valence-corrected chi connectivity index (χ3v) is 5.82. The summed E-state index contributed by atoms with van der Waals surface area (Å²) >= 11 is 1.64. The number of anilines is 1. The molecule has 0 saturated heterocycles. The molecular formula is C19H18N2OS. The highest BCUT2D eigenvalue weighted by Crippen LogP contribution is 2.38. The second-order valence-corrected chi connectivity index (χ2v) is 7.14. The summed E-state index contributed by atoms with van der Waals surface area (Å²) in [4.78, 5) is 4.71. The van der Waals surface area contributed by atoms with Gasteiger partial charge in [0, 0.05) is 5.39 Å². The molecule has 0 saturated carbocycles. The second kappa shape index (κ2) is 4.83. The predicted octanol–water partition coefficient (Wildman–Crippen LogP) is 5.53. The van der Waals surface area contributed by atoms with E-state index >= 15 is 0 Å². The van der Waals surface area contributed by atoms with Crippen LogP contribution in [0, 0.1) is 27.7 Å². The molecule has 0 atom stereocenters. The minimum absolute atomic E-state index is 0.715. The first-order valence-electron chi connectivity index (χ1n) is 7.62. The molecule has 2 heterocycles. The van der Waals surface area contributed by atoms with Gasteiger partial charge in [-0.2, -0.15) is 0 Å². The normalized spacial score (nSPS) is 11.7. The molecule has 4 aromatic rings. The topological polar surface area (TPSA) is 52.0 Å². The van der Waals surface area contributed by atoms with Crippen molar-refractivity contribution < 1.29 is 4.42 Å². The zero-order valence-corrected chi connectivity index (χ0v) is 14.5. The van der Waals surface area contributed by atoms with E-state index in [4.69, 9.17) is 15.1 Å². The molecule has 2 aromatic heterocycles. The molecule has 2 aromatic carbocycles. The molecule has 0 radical (unpaired) electrons. The lowest BCUT2D eigenvalue weighted by atomic mass is 10.0. The number of benzene rings is 2. The average molecular weight is 322 g/mol. The molecule has 4 rings (SSSR count). The average Bonchev–Trinajstić information content (AvgIpc) is 3.13. The zero-order valence-electron chi connectivity index (χ0n) is 13.7. The van der Waals surface area contributed by atoms with Gasteiger partial charge in [0.15, 0.2) is 10.8 Å². The number of aromatic nitrogens is 1. The van der Waals surface area contributed by atoms with E-state index in [2.05, 4.69) is 39.8 Å². The molecular weight excluding hydrogens is 304 g/mol. The third-order valence-electron chi connectivity index (χ3n) is 4.61. The molecule has 0 aliphatic carbocycles. The number of hydrogen-bond donors (Lipinski definition) is 1. The molecule has 0 fully saturated rings. The van der Waals surface area contributed by atoms with Crippen molar-refractivity contribution in [1.82, 2.24) is 4.98 Å². The smallest absolute Gasteiger partial charge is 0.164 e. The van der Waals surface area contributed by atoms with Crippen molar-refractivity contribution in [2.75, 3.05) is 5.73 Å². The highest BCUT2D eigenvalue weighted by molar-refractivity contribution is 7.21. The van der Waals surface area contributed by atoms with Crippen LogP contribution < -0.4 is 5.73 Å². The van der Waals surface area contributed by atoms with Crippen LogP contribution in [0.4, 0.5) is 5.69 Å². The van der Waals surface area contributed by atoms with Crippen LogP contribution in [0.1, 0.15) is 22.3 Å². The first-order chi connectivity index (χ1) is 11.0. The van der Waals surface area contributed by atoms with Gasteiger partial charge >= 0.3 is 0 Å². The summed E-state index contributed by atoms with van der Waals surface area (Å²) in [5.74, 6) is 0.813. The van der Waals surface area contributed by atoms with Gasteiger partial charge in [-0.05, 0) is 68.1 Å². The van der Waals surface area contributed by atoms with Gasteiger partial charge in [0.25, 0.3) is 0 Å². The lowest BCUT2D eigenvalue weighted by Crippen LogP contribution is -1.86. The van der Waals surface area contributed by atoms with Gasteiger partial charge in [-0.15, -0.1) is 11.3 Å². The van der Waals surface area contributed by atoms with E-state index in [1.165, 1.54) is 22.3 Å². The van der Waals surface area contributed by atoms with Gasteiger partial charge in [-0.3, -0.25) is 0 Å². The molecule has 23 heavy (non-hydrogen) atoms. The van der Waals surface area contributed by atoms with E-state index in [-0.39, 0.29) is 0 Å². The van der Waals surface area contributed by atoms with E-state index in [1.54, 1.807) is 11.3 Å². The SMILES string of the molecule is Cc1cc2cc(-c3nc4c(N)ccc(C)c4s3)oc2c(C)c1C. The van der Waals surface area contributed by atoms with Crippen LogP contribution in [0.15, 0.2) is 28.7 Å². The molecule has 0 spiro atoms. The molecule has 116 valence electrons. The van der Waals surface area contributed by atoms with Gasteiger partial charge in [0.05, 0.1) is 10.4 Å². The molecule has 4 heteroatoms. The van der Waals surface area contributed by atoms with Crippen LogP contribution in [0.5, 0.6) is 0 Å². The van der Waals surface area contributed by atoms with Crippen LogP contribution in [0.25, 0.3) is 32.0 Å². The van der Waals surface area contributed by atoms with Gasteiger partial charge in [0.1, 0.15) is 11.1 Å². The number of nitrogens with two attached hydrogens (primary N) is 1. The number of rotatable bonds is 1. The predicted molar refractivity (Wildman–Crippen MR) is 98.2 cm³/mol. The Balaban J connectivity index is 1.98. The van der Waals surface area contributed by atoms with E-state index in [0.717, 1.165) is 32.0 Å². The number of thiazole rings is 1. The maximum absolute atomic E-state index is 6.14. The molecule has 2 N–H and O–H groups in total. The van der Waals surface area contributed by atoms with Crippen molar-refractivity contribution in [2.24, 2.45) is 0 Å². The van der Waals surface area contributed by atoms with Gasteiger partial charge in [-0.25, -0.2) is 4.98 Å². The second-order valence-electron chi connectivity index (χ2n) is 6.14. The van der Waals surface area contributed by atoms with Gasteiger partial charge < -0.3 is 10.2 Å². The van der Waals surface area contributed by atoms with Crippen LogP contribution in [-0.2, 0) is 0 Å². The number of furan rings is 1. The van der Waals surface area contributed by atoms with Crippen molar-refractivity contribution >= 4 is 38.2 Å². The van der Waals surface area contributed by atoms with Crippen LogP contribution >= 0.6 is 11.3 Å². The Morgan fingerprint density at radius 2 is 1.78 bits per heavy atom. The molecule has 0 bridgehead atoms. The number of nitrogen functional groups attached to an aromatic ring is 1. The molecule has 3 nitrogen and oxygen atoms in total. The highest BCUT2D eigenvalue weighted by atomic mass is 32.1. The summed E-state index contributed by atoms with van der Waals surface area (Å²) in [5, 5.41) is 2.01. The third kappa shape index (κ3) is 2.05. The monoisotopic (exact) mass is 322 g/mol. The van der Waals surface area contributed by atoms with Crippen LogP contribution in [0.2, 0.25) is 0 Å². The molecule has 0 amide bonds. The van der Waals surface area contributed by atoms with E-state index in [1.807, 2.05) is 12.1 Å². The van der Waals surface area contributed by atoms with Crippen LogP contribution in [-0.4, -0.2) is 4.98 Å². The Morgan fingerprint density at radius 3 is 2.52 bits per heavy atom. The Bertz CT molecular complexity index is 1030. The number of aryl methyl sites for hydroxylation is 3. The lowest BCUT2D eigenvalue weighted by Gasteiger charge is -2.04. The van der Waals surface area contributed by atoms with E-state index < -0.39 is 0 Å². The Hall–Kier alpha value is -2.33. The summed E-state index contributed by atoms with van der Waals surface area (Å²) in [7, 11) is 0. The van der Waals surface area contributed by atoms with Crippen molar-refractivity contribution in [1.29, 1.82) is 0 Å².